The number of nitrogens with one attached hydrogen (secondary N) is 3. The molecule has 1 amide bonds. The van der Waals surface area contributed by atoms with Gasteiger partial charge >= 0.3 is 0 Å². The number of hydrogen-bond acceptors (Lipinski definition) is 4. The number of sulfonamides is 1. The lowest BCUT2D eigenvalue weighted by atomic mass is 10.1. The minimum Gasteiger partial charge on any atom is -0.494 e. The zero-order valence-electron chi connectivity index (χ0n) is 15.8. The van der Waals surface area contributed by atoms with Crippen molar-refractivity contribution in [1.29, 1.82) is 0 Å². The number of amides is 1. The number of para-hydroxylation sites is 1. The highest BCUT2D eigenvalue weighted by molar-refractivity contribution is 7.92. The molecule has 0 saturated carbocycles. The van der Waals surface area contributed by atoms with E-state index in [1.807, 2.05) is 24.4 Å². The van der Waals surface area contributed by atoms with Crippen molar-refractivity contribution in [3.8, 4) is 5.75 Å². The van der Waals surface area contributed by atoms with Gasteiger partial charge in [0.1, 0.15) is 5.75 Å². The van der Waals surface area contributed by atoms with Crippen LogP contribution in [0.4, 0.5) is 11.4 Å². The van der Waals surface area contributed by atoms with Gasteiger partial charge in [0.15, 0.2) is 0 Å². The lowest BCUT2D eigenvalue weighted by Gasteiger charge is -2.12. The van der Waals surface area contributed by atoms with Crippen LogP contribution < -0.4 is 14.8 Å². The summed E-state index contributed by atoms with van der Waals surface area (Å²) in [5, 5.41) is 4.00. The molecule has 28 heavy (non-hydrogen) atoms. The number of hydrogen-bond donors (Lipinski definition) is 3. The van der Waals surface area contributed by atoms with E-state index in [0.717, 1.165) is 24.6 Å². The Kier molecular flexibility index (Phi) is 5.89. The molecule has 148 valence electrons. The van der Waals surface area contributed by atoms with Crippen LogP contribution in [0, 0.1) is 0 Å². The molecule has 2 aromatic carbocycles. The summed E-state index contributed by atoms with van der Waals surface area (Å²) in [6, 6.07) is 12.9. The first-order valence-electron chi connectivity index (χ1n) is 8.86. The van der Waals surface area contributed by atoms with E-state index in [1.54, 1.807) is 18.2 Å². The van der Waals surface area contributed by atoms with Gasteiger partial charge in [-0.3, -0.25) is 9.52 Å². The van der Waals surface area contributed by atoms with Crippen LogP contribution in [-0.2, 0) is 21.2 Å². The molecule has 0 saturated heterocycles. The fourth-order valence-electron chi connectivity index (χ4n) is 3.05. The van der Waals surface area contributed by atoms with Crippen LogP contribution in [0.1, 0.15) is 18.4 Å². The van der Waals surface area contributed by atoms with E-state index < -0.39 is 10.0 Å². The van der Waals surface area contributed by atoms with Crippen LogP contribution in [0.3, 0.4) is 0 Å². The first-order valence-corrected chi connectivity index (χ1v) is 10.8. The van der Waals surface area contributed by atoms with Gasteiger partial charge in [0.2, 0.25) is 15.9 Å². The van der Waals surface area contributed by atoms with Crippen molar-refractivity contribution in [2.75, 3.05) is 23.4 Å². The highest BCUT2D eigenvalue weighted by Crippen LogP contribution is 2.28. The Morgan fingerprint density at radius 3 is 2.71 bits per heavy atom. The van der Waals surface area contributed by atoms with Gasteiger partial charge < -0.3 is 15.0 Å². The fraction of sp³-hybridized carbons (Fsp3) is 0.250. The molecular weight excluding hydrogens is 378 g/mol. The summed E-state index contributed by atoms with van der Waals surface area (Å²) in [6.45, 7) is 0. The second kappa shape index (κ2) is 8.35. The summed E-state index contributed by atoms with van der Waals surface area (Å²) in [7, 11) is -1.97. The van der Waals surface area contributed by atoms with Crippen molar-refractivity contribution in [3.63, 3.8) is 0 Å². The number of benzene rings is 2. The number of aromatic nitrogens is 1. The smallest absolute Gasteiger partial charge is 0.229 e. The summed E-state index contributed by atoms with van der Waals surface area (Å²) >= 11 is 0. The molecule has 3 rings (SSSR count). The Morgan fingerprint density at radius 2 is 1.96 bits per heavy atom. The monoisotopic (exact) mass is 401 g/mol. The molecule has 0 atom stereocenters. The highest BCUT2D eigenvalue weighted by Gasteiger charge is 2.11. The van der Waals surface area contributed by atoms with Crippen LogP contribution in [0.5, 0.6) is 5.75 Å². The SMILES string of the molecule is COc1cc(NC(=O)CCCc2c[nH]c3ccccc23)ccc1NS(C)(=O)=O. The van der Waals surface area contributed by atoms with Gasteiger partial charge in [-0.15, -0.1) is 0 Å². The second-order valence-corrected chi connectivity index (χ2v) is 8.30. The molecule has 8 heteroatoms. The van der Waals surface area contributed by atoms with Gasteiger partial charge in [0.25, 0.3) is 0 Å². The Morgan fingerprint density at radius 1 is 1.18 bits per heavy atom. The quantitative estimate of drug-likeness (QED) is 0.538. The third-order valence-electron chi connectivity index (χ3n) is 4.31. The lowest BCUT2D eigenvalue weighted by molar-refractivity contribution is -0.116. The van der Waals surface area contributed by atoms with E-state index >= 15 is 0 Å². The van der Waals surface area contributed by atoms with E-state index in [0.29, 0.717) is 23.5 Å². The van der Waals surface area contributed by atoms with E-state index in [9.17, 15) is 13.2 Å². The molecule has 0 fully saturated rings. The number of fused-ring (bicyclic) bond motifs is 1. The molecule has 1 aromatic heterocycles. The van der Waals surface area contributed by atoms with Crippen molar-refractivity contribution in [3.05, 3.63) is 54.2 Å². The van der Waals surface area contributed by atoms with E-state index in [1.165, 1.54) is 18.1 Å². The summed E-state index contributed by atoms with van der Waals surface area (Å²) < 4.78 is 30.4. The number of methoxy groups -OCH3 is 1. The molecule has 0 unspecified atom stereocenters. The largest absolute Gasteiger partial charge is 0.494 e. The number of rotatable bonds is 8. The molecule has 0 aliphatic carbocycles. The molecule has 1 heterocycles. The number of aromatic amines is 1. The predicted octanol–water partition coefficient (Wildman–Crippen LogP) is 3.51. The Bertz CT molecular complexity index is 1090. The number of ether oxygens (including phenoxy) is 1. The minimum absolute atomic E-state index is 0.106. The molecule has 0 aliphatic heterocycles. The molecule has 0 aliphatic rings. The average Bonchev–Trinajstić information content (AvgIpc) is 3.05. The average molecular weight is 401 g/mol. The van der Waals surface area contributed by atoms with E-state index in [2.05, 4.69) is 21.1 Å². The van der Waals surface area contributed by atoms with Crippen LogP contribution in [-0.4, -0.2) is 32.7 Å². The second-order valence-electron chi connectivity index (χ2n) is 6.55. The molecule has 3 N–H and O–H groups in total. The van der Waals surface area contributed by atoms with Crippen molar-refractivity contribution in [1.82, 2.24) is 4.98 Å². The van der Waals surface area contributed by atoms with Gasteiger partial charge in [-0.05, 0) is 36.6 Å². The number of carbonyl (C=O) groups excluding carboxylic acids is 1. The maximum absolute atomic E-state index is 12.2. The maximum Gasteiger partial charge on any atom is 0.229 e. The molecule has 7 nitrogen and oxygen atoms in total. The predicted molar refractivity (Wildman–Crippen MR) is 111 cm³/mol. The van der Waals surface area contributed by atoms with Gasteiger partial charge in [-0.1, -0.05) is 18.2 Å². The molecule has 0 radical (unpaired) electrons. The third-order valence-corrected chi connectivity index (χ3v) is 4.90. The lowest BCUT2D eigenvalue weighted by Crippen LogP contribution is -2.13. The summed E-state index contributed by atoms with van der Waals surface area (Å²) in [6.07, 6.45) is 4.96. The standard InChI is InChI=1S/C20H23N3O4S/c1-27-19-12-15(10-11-18(19)23-28(2,25)26)22-20(24)9-5-6-14-13-21-17-8-4-3-7-16(14)17/h3-4,7-8,10-13,21,23H,5-6,9H2,1-2H3,(H,22,24). The fourth-order valence-corrected chi connectivity index (χ4v) is 3.62. The first kappa shape index (κ1) is 19.8. The Labute approximate surface area is 164 Å². The Hall–Kier alpha value is -3.00. The third kappa shape index (κ3) is 5.04. The molecular formula is C20H23N3O4S. The zero-order chi connectivity index (χ0) is 20.1. The van der Waals surface area contributed by atoms with Gasteiger partial charge in [-0.25, -0.2) is 8.42 Å². The van der Waals surface area contributed by atoms with Gasteiger partial charge in [0.05, 0.1) is 19.1 Å². The van der Waals surface area contributed by atoms with E-state index in [4.69, 9.17) is 4.74 Å². The van der Waals surface area contributed by atoms with Crippen molar-refractivity contribution < 1.29 is 17.9 Å². The molecule has 0 bridgehead atoms. The van der Waals surface area contributed by atoms with Crippen LogP contribution in [0.15, 0.2) is 48.7 Å². The van der Waals surface area contributed by atoms with Crippen LogP contribution in [0.25, 0.3) is 10.9 Å². The number of H-pyrrole nitrogens is 1. The number of aryl methyl sites for hydroxylation is 1. The number of anilines is 2. The molecule has 0 spiro atoms. The van der Waals surface area contributed by atoms with Gasteiger partial charge in [0, 0.05) is 35.3 Å². The van der Waals surface area contributed by atoms with Crippen molar-refractivity contribution in [2.45, 2.75) is 19.3 Å². The Balaban J connectivity index is 1.57. The van der Waals surface area contributed by atoms with Crippen molar-refractivity contribution in [2.24, 2.45) is 0 Å². The van der Waals surface area contributed by atoms with E-state index in [-0.39, 0.29) is 5.91 Å². The number of carbonyl (C=O) groups is 1. The van der Waals surface area contributed by atoms with Crippen LogP contribution in [0.2, 0.25) is 0 Å². The first-order chi connectivity index (χ1) is 13.4. The highest BCUT2D eigenvalue weighted by atomic mass is 32.2. The summed E-state index contributed by atoms with van der Waals surface area (Å²) in [4.78, 5) is 15.5. The van der Waals surface area contributed by atoms with Crippen molar-refractivity contribution >= 4 is 38.2 Å². The molecule has 3 aromatic rings. The van der Waals surface area contributed by atoms with Crippen LogP contribution >= 0.6 is 0 Å². The maximum atomic E-state index is 12.2. The summed E-state index contributed by atoms with van der Waals surface area (Å²) in [5.41, 5.74) is 3.16. The van der Waals surface area contributed by atoms with Gasteiger partial charge in [-0.2, -0.15) is 0 Å². The zero-order valence-corrected chi connectivity index (χ0v) is 16.6. The normalized spacial score (nSPS) is 11.4. The minimum atomic E-state index is -3.41. The summed E-state index contributed by atoms with van der Waals surface area (Å²) in [5.74, 6) is 0.229. The topological polar surface area (TPSA) is 100 Å².